The van der Waals surface area contributed by atoms with Crippen LogP contribution in [-0.4, -0.2) is 36.0 Å². The first-order valence-corrected chi connectivity index (χ1v) is 9.93. The topological polar surface area (TPSA) is 80.5 Å². The number of piperidine rings is 1. The van der Waals surface area contributed by atoms with Crippen molar-refractivity contribution < 1.29 is 18.4 Å². The van der Waals surface area contributed by atoms with Crippen molar-refractivity contribution >= 4 is 28.1 Å². The van der Waals surface area contributed by atoms with E-state index in [0.717, 1.165) is 11.3 Å². The summed E-state index contributed by atoms with van der Waals surface area (Å²) in [7, 11) is 1.61. The van der Waals surface area contributed by atoms with E-state index >= 15 is 0 Å². The zero-order valence-electron chi connectivity index (χ0n) is 17.0. The van der Waals surface area contributed by atoms with Crippen LogP contribution >= 0.6 is 0 Å². The lowest BCUT2D eigenvalue weighted by Gasteiger charge is -2.33. The van der Waals surface area contributed by atoms with Crippen molar-refractivity contribution in [3.05, 3.63) is 64.2 Å². The number of methoxy groups -OCH3 is 1. The van der Waals surface area contributed by atoms with Crippen molar-refractivity contribution in [3.63, 3.8) is 0 Å². The molecule has 1 N–H and O–H groups in total. The summed E-state index contributed by atoms with van der Waals surface area (Å²) in [6, 6.07) is 14.0. The quantitative estimate of drug-likeness (QED) is 0.440. The lowest BCUT2D eigenvalue weighted by atomic mass is 10.0. The van der Waals surface area contributed by atoms with Crippen LogP contribution in [0.5, 0.6) is 5.75 Å². The zero-order valence-corrected chi connectivity index (χ0v) is 17.0. The Hall–Kier alpha value is -3.49. The second kappa shape index (κ2) is 8.33. The van der Waals surface area contributed by atoms with Crippen LogP contribution in [0.2, 0.25) is 0 Å². The van der Waals surface area contributed by atoms with Gasteiger partial charge in [0, 0.05) is 50.0 Å². The number of ether oxygens (including phenoxy) is 1. The molecular formula is C22H22F2N4O3. The van der Waals surface area contributed by atoms with Gasteiger partial charge in [0.2, 0.25) is 0 Å². The maximum Gasteiger partial charge on any atom is 0.272 e. The third kappa shape index (κ3) is 4.65. The van der Waals surface area contributed by atoms with Gasteiger partial charge in [-0.3, -0.25) is 10.1 Å². The number of pyridine rings is 1. The smallest absolute Gasteiger partial charge is 0.272 e. The molecule has 7 nitrogen and oxygen atoms in total. The fourth-order valence-electron chi connectivity index (χ4n) is 3.66. The van der Waals surface area contributed by atoms with Crippen LogP contribution in [0.25, 0.3) is 10.9 Å². The van der Waals surface area contributed by atoms with Crippen molar-refractivity contribution in [2.75, 3.05) is 30.4 Å². The first-order chi connectivity index (χ1) is 14.8. The predicted octanol–water partition coefficient (Wildman–Crippen LogP) is 5.00. The lowest BCUT2D eigenvalue weighted by molar-refractivity contribution is -0.384. The van der Waals surface area contributed by atoms with Gasteiger partial charge < -0.3 is 15.0 Å². The second-order valence-electron chi connectivity index (χ2n) is 7.53. The maximum absolute atomic E-state index is 13.6. The van der Waals surface area contributed by atoms with E-state index in [4.69, 9.17) is 4.74 Å². The minimum atomic E-state index is -2.70. The highest BCUT2D eigenvalue weighted by Crippen LogP contribution is 2.36. The Morgan fingerprint density at radius 1 is 1.16 bits per heavy atom. The van der Waals surface area contributed by atoms with Crippen LogP contribution < -0.4 is 15.0 Å². The minimum Gasteiger partial charge on any atom is -0.497 e. The predicted molar refractivity (Wildman–Crippen MR) is 115 cm³/mol. The monoisotopic (exact) mass is 428 g/mol. The number of hydrogen-bond donors (Lipinski definition) is 1. The highest BCUT2D eigenvalue weighted by Gasteiger charge is 2.35. The van der Waals surface area contributed by atoms with Crippen molar-refractivity contribution in [1.82, 2.24) is 4.98 Å². The van der Waals surface area contributed by atoms with Gasteiger partial charge in [0.25, 0.3) is 11.6 Å². The molecule has 1 aliphatic rings. The lowest BCUT2D eigenvalue weighted by Crippen LogP contribution is -2.39. The number of aromatic nitrogens is 1. The summed E-state index contributed by atoms with van der Waals surface area (Å²) in [5.74, 6) is -1.34. The van der Waals surface area contributed by atoms with Gasteiger partial charge in [0.15, 0.2) is 0 Å². The number of non-ortho nitro benzene ring substituents is 1. The molecule has 0 spiro atoms. The second-order valence-corrected chi connectivity index (χ2v) is 7.53. The third-order valence-corrected chi connectivity index (χ3v) is 5.44. The number of fused-ring (bicyclic) bond motifs is 1. The van der Waals surface area contributed by atoms with E-state index in [-0.39, 0.29) is 31.6 Å². The summed E-state index contributed by atoms with van der Waals surface area (Å²) in [4.78, 5) is 17.3. The number of benzene rings is 2. The van der Waals surface area contributed by atoms with Gasteiger partial charge in [0.1, 0.15) is 11.6 Å². The molecule has 0 unspecified atom stereocenters. The summed E-state index contributed by atoms with van der Waals surface area (Å²) in [5, 5.41) is 15.2. The molecule has 1 fully saturated rings. The SMILES string of the molecule is COc1ccc(CNc2ccc3cc([N+](=O)[O-])cc(N4CCC(F)(F)CC4)c3n2)cc1. The molecule has 3 aromatic rings. The molecule has 0 radical (unpaired) electrons. The molecule has 0 saturated carbocycles. The standard InChI is InChI=1S/C22H22F2N4O3/c1-31-18-5-2-15(3-6-18)14-25-20-7-4-16-12-17(28(29)30)13-19(21(16)26-20)27-10-8-22(23,24)9-11-27/h2-7,12-13H,8-11,14H2,1H3,(H,25,26). The summed E-state index contributed by atoms with van der Waals surface area (Å²) >= 11 is 0. The van der Waals surface area contributed by atoms with Crippen LogP contribution in [0.1, 0.15) is 18.4 Å². The molecular weight excluding hydrogens is 406 g/mol. The number of nitro groups is 1. The molecule has 2 aromatic carbocycles. The van der Waals surface area contributed by atoms with Crippen molar-refractivity contribution in [2.24, 2.45) is 0 Å². The van der Waals surface area contributed by atoms with Gasteiger partial charge in [-0.05, 0) is 29.8 Å². The average molecular weight is 428 g/mol. The van der Waals surface area contributed by atoms with Gasteiger partial charge in [-0.25, -0.2) is 13.8 Å². The Morgan fingerprint density at radius 3 is 2.52 bits per heavy atom. The third-order valence-electron chi connectivity index (χ3n) is 5.44. The first kappa shape index (κ1) is 20.8. The van der Waals surface area contributed by atoms with Crippen molar-refractivity contribution in [3.8, 4) is 5.75 Å². The van der Waals surface area contributed by atoms with Crippen LogP contribution in [0.3, 0.4) is 0 Å². The molecule has 2 heterocycles. The van der Waals surface area contributed by atoms with Crippen LogP contribution in [-0.2, 0) is 6.54 Å². The highest BCUT2D eigenvalue weighted by molar-refractivity contribution is 5.94. The molecule has 162 valence electrons. The van der Waals surface area contributed by atoms with E-state index < -0.39 is 10.8 Å². The fraction of sp³-hybridized carbons (Fsp3) is 0.318. The van der Waals surface area contributed by atoms with E-state index in [1.54, 1.807) is 24.1 Å². The molecule has 0 aliphatic carbocycles. The van der Waals surface area contributed by atoms with Crippen LogP contribution in [0, 0.1) is 10.1 Å². The summed E-state index contributed by atoms with van der Waals surface area (Å²) in [5.41, 5.74) is 2.01. The molecule has 0 bridgehead atoms. The minimum absolute atomic E-state index is 0.0828. The number of rotatable bonds is 6. The summed E-state index contributed by atoms with van der Waals surface area (Å²) in [6.45, 7) is 0.768. The molecule has 9 heteroatoms. The van der Waals surface area contributed by atoms with Gasteiger partial charge in [0.05, 0.1) is 23.2 Å². The molecule has 31 heavy (non-hydrogen) atoms. The number of nitrogens with one attached hydrogen (secondary N) is 1. The zero-order chi connectivity index (χ0) is 22.0. The molecule has 0 amide bonds. The van der Waals surface area contributed by atoms with Crippen LogP contribution in [0.15, 0.2) is 48.5 Å². The Labute approximate surface area is 177 Å². The van der Waals surface area contributed by atoms with E-state index in [9.17, 15) is 18.9 Å². The Balaban J connectivity index is 1.63. The van der Waals surface area contributed by atoms with Gasteiger partial charge in [-0.1, -0.05) is 12.1 Å². The molecule has 0 atom stereocenters. The van der Waals surface area contributed by atoms with E-state index in [0.29, 0.717) is 29.0 Å². The number of halogens is 2. The molecule has 4 rings (SSSR count). The van der Waals surface area contributed by atoms with Crippen LogP contribution in [0.4, 0.5) is 26.0 Å². The number of anilines is 2. The normalized spacial score (nSPS) is 15.6. The van der Waals surface area contributed by atoms with Crippen molar-refractivity contribution in [2.45, 2.75) is 25.3 Å². The van der Waals surface area contributed by atoms with E-state index in [2.05, 4.69) is 10.3 Å². The number of nitrogens with zero attached hydrogens (tertiary/aromatic N) is 3. The Kier molecular flexibility index (Phi) is 5.58. The van der Waals surface area contributed by atoms with Gasteiger partial charge in [-0.2, -0.15) is 0 Å². The number of hydrogen-bond acceptors (Lipinski definition) is 6. The molecule has 1 saturated heterocycles. The molecule has 1 aliphatic heterocycles. The van der Waals surface area contributed by atoms with Gasteiger partial charge >= 0.3 is 0 Å². The number of nitro benzene ring substituents is 1. The number of alkyl halides is 2. The molecule has 1 aromatic heterocycles. The average Bonchev–Trinajstić information content (AvgIpc) is 2.77. The van der Waals surface area contributed by atoms with Gasteiger partial charge in [-0.15, -0.1) is 0 Å². The largest absolute Gasteiger partial charge is 0.497 e. The van der Waals surface area contributed by atoms with E-state index in [1.165, 1.54) is 12.1 Å². The van der Waals surface area contributed by atoms with E-state index in [1.807, 2.05) is 24.3 Å². The highest BCUT2D eigenvalue weighted by atomic mass is 19.3. The fourth-order valence-corrected chi connectivity index (χ4v) is 3.66. The Morgan fingerprint density at radius 2 is 1.87 bits per heavy atom. The maximum atomic E-state index is 13.6. The Bertz CT molecular complexity index is 1100. The summed E-state index contributed by atoms with van der Waals surface area (Å²) in [6.07, 6.45) is -0.570. The first-order valence-electron chi connectivity index (χ1n) is 9.93. The summed E-state index contributed by atoms with van der Waals surface area (Å²) < 4.78 is 32.4. The van der Waals surface area contributed by atoms with Crippen molar-refractivity contribution in [1.29, 1.82) is 0 Å².